The van der Waals surface area contributed by atoms with Crippen molar-refractivity contribution in [1.29, 1.82) is 0 Å². The molecule has 7 heteroatoms. The molecule has 1 aliphatic carbocycles. The Hall–Kier alpha value is -2.15. The number of amides is 1. The third-order valence-corrected chi connectivity index (χ3v) is 4.49. The molecule has 1 atom stereocenters. The Labute approximate surface area is 133 Å². The molecular formula is C16H20N2O5. The van der Waals surface area contributed by atoms with Crippen molar-refractivity contribution in [3.8, 4) is 0 Å². The van der Waals surface area contributed by atoms with Crippen LogP contribution in [0.3, 0.4) is 0 Å². The van der Waals surface area contributed by atoms with E-state index in [0.29, 0.717) is 0 Å². The van der Waals surface area contributed by atoms with E-state index in [1.165, 1.54) is 4.90 Å². The van der Waals surface area contributed by atoms with Gasteiger partial charge in [0.1, 0.15) is 5.56 Å². The van der Waals surface area contributed by atoms with Crippen LogP contribution >= 0.6 is 0 Å². The minimum atomic E-state index is -1.12. The van der Waals surface area contributed by atoms with Gasteiger partial charge in [-0.15, -0.1) is 0 Å². The van der Waals surface area contributed by atoms with Crippen LogP contribution in [0.1, 0.15) is 40.9 Å². The molecule has 0 saturated carbocycles. The number of morpholine rings is 1. The number of ether oxygens (including phenoxy) is 1. The summed E-state index contributed by atoms with van der Waals surface area (Å²) in [5.41, 5.74) is 1.48. The van der Waals surface area contributed by atoms with Gasteiger partial charge in [0, 0.05) is 12.2 Å². The van der Waals surface area contributed by atoms with Gasteiger partial charge in [-0.2, -0.15) is 0 Å². The van der Waals surface area contributed by atoms with Gasteiger partial charge in [0.2, 0.25) is 0 Å². The highest BCUT2D eigenvalue weighted by atomic mass is 16.5. The predicted octanol–water partition coefficient (Wildman–Crippen LogP) is 0.569. The zero-order chi connectivity index (χ0) is 16.4. The van der Waals surface area contributed by atoms with E-state index in [-0.39, 0.29) is 25.3 Å². The van der Waals surface area contributed by atoms with Crippen LogP contribution in [-0.4, -0.2) is 52.7 Å². The highest BCUT2D eigenvalue weighted by Crippen LogP contribution is 2.19. The molecule has 1 aromatic heterocycles. The summed E-state index contributed by atoms with van der Waals surface area (Å²) in [6, 6.07) is 0.602. The lowest BCUT2D eigenvalue weighted by atomic mass is 10.0. The second kappa shape index (κ2) is 6.54. The number of hydrogen-bond acceptors (Lipinski definition) is 4. The largest absolute Gasteiger partial charge is 0.480 e. The number of nitrogens with zero attached hydrogens (tertiary/aromatic N) is 1. The fraction of sp³-hybridized carbons (Fsp3) is 0.562. The molecule has 2 N–H and O–H groups in total. The van der Waals surface area contributed by atoms with Crippen molar-refractivity contribution >= 4 is 11.9 Å². The lowest BCUT2D eigenvalue weighted by Gasteiger charge is -2.32. The molecule has 1 amide bonds. The summed E-state index contributed by atoms with van der Waals surface area (Å²) in [5, 5.41) is 9.24. The number of aromatic nitrogens is 1. The third kappa shape index (κ3) is 3.14. The summed E-state index contributed by atoms with van der Waals surface area (Å²) in [6.07, 6.45) is 4.81. The number of carbonyl (C=O) groups is 2. The molecule has 124 valence electrons. The van der Waals surface area contributed by atoms with Gasteiger partial charge in [-0.3, -0.25) is 9.59 Å². The second-order valence-electron chi connectivity index (χ2n) is 6.00. The average Bonchev–Trinajstić information content (AvgIpc) is 2.78. The standard InChI is InChI=1S/C16H20N2O5/c19-14-11(8-10-4-2-1-3-5-12(10)17-14)15(20)18-6-7-23-9-13(18)16(21)22/h8,13H,1-7,9H2,(H,17,19)(H,21,22). The van der Waals surface area contributed by atoms with E-state index in [9.17, 15) is 19.5 Å². The normalized spacial score (nSPS) is 21.4. The van der Waals surface area contributed by atoms with Crippen LogP contribution in [0.5, 0.6) is 0 Å². The quantitative estimate of drug-likeness (QED) is 0.776. The van der Waals surface area contributed by atoms with Crippen molar-refractivity contribution in [3.05, 3.63) is 33.2 Å². The smallest absolute Gasteiger partial charge is 0.328 e. The lowest BCUT2D eigenvalue weighted by molar-refractivity contribution is -0.147. The number of pyridine rings is 1. The summed E-state index contributed by atoms with van der Waals surface area (Å²) in [4.78, 5) is 40.3. The minimum absolute atomic E-state index is 0.0267. The first-order chi connectivity index (χ1) is 11.1. The van der Waals surface area contributed by atoms with Gasteiger partial charge < -0.3 is 19.7 Å². The molecule has 1 unspecified atom stereocenters. The van der Waals surface area contributed by atoms with Crippen molar-refractivity contribution in [3.63, 3.8) is 0 Å². The highest BCUT2D eigenvalue weighted by molar-refractivity contribution is 5.96. The number of fused-ring (bicyclic) bond motifs is 1. The zero-order valence-corrected chi connectivity index (χ0v) is 12.8. The van der Waals surface area contributed by atoms with Gasteiger partial charge in [-0.05, 0) is 37.3 Å². The maximum atomic E-state index is 12.7. The molecule has 0 spiro atoms. The Bertz CT molecular complexity index is 682. The number of carboxylic acid groups (broad SMARTS) is 1. The Kier molecular flexibility index (Phi) is 4.47. The number of nitrogens with one attached hydrogen (secondary N) is 1. The molecule has 0 radical (unpaired) electrons. The maximum absolute atomic E-state index is 12.7. The first-order valence-corrected chi connectivity index (χ1v) is 7.94. The number of hydrogen-bond donors (Lipinski definition) is 2. The summed E-state index contributed by atoms with van der Waals surface area (Å²) in [6.45, 7) is 0.397. The number of carbonyl (C=O) groups excluding carboxylic acids is 1. The first-order valence-electron chi connectivity index (χ1n) is 7.94. The molecule has 3 rings (SSSR count). The molecule has 1 aliphatic heterocycles. The van der Waals surface area contributed by atoms with Crippen LogP contribution in [0.2, 0.25) is 0 Å². The third-order valence-electron chi connectivity index (χ3n) is 4.49. The topological polar surface area (TPSA) is 99.7 Å². The van der Waals surface area contributed by atoms with Gasteiger partial charge >= 0.3 is 5.97 Å². The van der Waals surface area contributed by atoms with Crippen molar-refractivity contribution in [2.45, 2.75) is 38.1 Å². The molecular weight excluding hydrogens is 300 g/mol. The minimum Gasteiger partial charge on any atom is -0.480 e. The van der Waals surface area contributed by atoms with Crippen LogP contribution in [0.15, 0.2) is 10.9 Å². The number of aliphatic carboxylic acids is 1. The van der Waals surface area contributed by atoms with E-state index in [2.05, 4.69) is 4.98 Å². The number of aromatic amines is 1. The molecule has 1 fully saturated rings. The zero-order valence-electron chi connectivity index (χ0n) is 12.8. The van der Waals surface area contributed by atoms with Crippen molar-refractivity contribution < 1.29 is 19.4 Å². The SMILES string of the molecule is O=C(O)C1COCCN1C(=O)c1cc2c([nH]c1=O)CCCCC2. The van der Waals surface area contributed by atoms with Crippen LogP contribution in [0.25, 0.3) is 0 Å². The number of rotatable bonds is 2. The number of aryl methyl sites for hydroxylation is 2. The van der Waals surface area contributed by atoms with E-state index in [4.69, 9.17) is 4.74 Å². The summed E-state index contributed by atoms with van der Waals surface area (Å²) in [5.74, 6) is -1.65. The Morgan fingerprint density at radius 1 is 1.26 bits per heavy atom. The van der Waals surface area contributed by atoms with Gasteiger partial charge in [0.25, 0.3) is 11.5 Å². The predicted molar refractivity (Wildman–Crippen MR) is 81.6 cm³/mol. The fourth-order valence-corrected chi connectivity index (χ4v) is 3.22. The van der Waals surface area contributed by atoms with Crippen LogP contribution in [-0.2, 0) is 22.4 Å². The van der Waals surface area contributed by atoms with Gasteiger partial charge in [-0.25, -0.2) is 4.79 Å². The number of carboxylic acids is 1. The summed E-state index contributed by atoms with van der Waals surface area (Å²) in [7, 11) is 0. The molecule has 2 heterocycles. The number of H-pyrrole nitrogens is 1. The van der Waals surface area contributed by atoms with Gasteiger partial charge in [-0.1, -0.05) is 6.42 Å². The molecule has 7 nitrogen and oxygen atoms in total. The molecule has 0 bridgehead atoms. The van der Waals surface area contributed by atoms with E-state index >= 15 is 0 Å². The van der Waals surface area contributed by atoms with E-state index in [1.807, 2.05) is 0 Å². The van der Waals surface area contributed by atoms with Gasteiger partial charge in [0.15, 0.2) is 6.04 Å². The van der Waals surface area contributed by atoms with E-state index in [1.54, 1.807) is 6.07 Å². The van der Waals surface area contributed by atoms with Crippen LogP contribution in [0, 0.1) is 0 Å². The van der Waals surface area contributed by atoms with Crippen molar-refractivity contribution in [1.82, 2.24) is 9.88 Å². The maximum Gasteiger partial charge on any atom is 0.328 e. The summed E-state index contributed by atoms with van der Waals surface area (Å²) >= 11 is 0. The molecule has 23 heavy (non-hydrogen) atoms. The van der Waals surface area contributed by atoms with Crippen LogP contribution < -0.4 is 5.56 Å². The van der Waals surface area contributed by atoms with Crippen LogP contribution in [0.4, 0.5) is 0 Å². The second-order valence-corrected chi connectivity index (χ2v) is 6.00. The lowest BCUT2D eigenvalue weighted by Crippen LogP contribution is -2.53. The molecule has 1 saturated heterocycles. The van der Waals surface area contributed by atoms with E-state index < -0.39 is 23.5 Å². The average molecular weight is 320 g/mol. The van der Waals surface area contributed by atoms with Crippen molar-refractivity contribution in [2.24, 2.45) is 0 Å². The fourth-order valence-electron chi connectivity index (χ4n) is 3.22. The van der Waals surface area contributed by atoms with Gasteiger partial charge in [0.05, 0.1) is 13.2 Å². The molecule has 0 aromatic carbocycles. The first kappa shape index (κ1) is 15.7. The molecule has 2 aliphatic rings. The van der Waals surface area contributed by atoms with E-state index in [0.717, 1.165) is 43.4 Å². The Balaban J connectivity index is 1.94. The monoisotopic (exact) mass is 320 g/mol. The Morgan fingerprint density at radius 3 is 2.83 bits per heavy atom. The highest BCUT2D eigenvalue weighted by Gasteiger charge is 2.34. The molecule has 1 aromatic rings. The Morgan fingerprint density at radius 2 is 2.04 bits per heavy atom. The van der Waals surface area contributed by atoms with Crippen molar-refractivity contribution in [2.75, 3.05) is 19.8 Å². The summed E-state index contributed by atoms with van der Waals surface area (Å²) < 4.78 is 5.14.